The van der Waals surface area contributed by atoms with E-state index in [9.17, 15) is 9.59 Å². The molecular formula is C16H14N4O3S. The van der Waals surface area contributed by atoms with E-state index in [1.54, 1.807) is 12.5 Å². The fraction of sp³-hybridized carbons (Fsp3) is 0.188. The first kappa shape index (κ1) is 16.0. The Bertz CT molecular complexity index is 841. The second-order valence-corrected chi connectivity index (χ2v) is 5.95. The van der Waals surface area contributed by atoms with E-state index in [-0.39, 0.29) is 12.2 Å². The molecule has 0 unspecified atom stereocenters. The number of hydrogen-bond donors (Lipinski definition) is 1. The smallest absolute Gasteiger partial charge is 0.267 e. The standard InChI is InChI=1S/C16H14N4O3S/c1-23-12-4-2-10(3-5-12)6-14-19-11(8-24-14)7-13(21)15(22)16-17-9-18-20-16/h2-5,8-9H,6-7H2,1H3,(H,17,18,20). The first-order valence-corrected chi connectivity index (χ1v) is 8.03. The number of H-pyrrole nitrogens is 1. The van der Waals surface area contributed by atoms with Crippen LogP contribution >= 0.6 is 11.3 Å². The van der Waals surface area contributed by atoms with E-state index < -0.39 is 11.6 Å². The molecule has 24 heavy (non-hydrogen) atoms. The number of aromatic nitrogens is 4. The van der Waals surface area contributed by atoms with Gasteiger partial charge in [0.1, 0.15) is 12.1 Å². The summed E-state index contributed by atoms with van der Waals surface area (Å²) in [6, 6.07) is 7.72. The highest BCUT2D eigenvalue weighted by Crippen LogP contribution is 2.18. The van der Waals surface area contributed by atoms with E-state index in [1.165, 1.54) is 17.7 Å². The van der Waals surface area contributed by atoms with Crippen molar-refractivity contribution in [2.24, 2.45) is 0 Å². The first-order valence-electron chi connectivity index (χ1n) is 7.15. The second kappa shape index (κ2) is 7.14. The predicted octanol–water partition coefficient (Wildman–Crippen LogP) is 1.86. The monoisotopic (exact) mass is 342 g/mol. The van der Waals surface area contributed by atoms with Crippen molar-refractivity contribution in [3.05, 3.63) is 58.1 Å². The lowest BCUT2D eigenvalue weighted by molar-refractivity contribution is -0.114. The SMILES string of the molecule is COc1ccc(Cc2nc(CC(=O)C(=O)c3nc[nH]n3)cs2)cc1. The van der Waals surface area contributed by atoms with Gasteiger partial charge in [0, 0.05) is 11.8 Å². The number of rotatable bonds is 7. The number of methoxy groups -OCH3 is 1. The van der Waals surface area contributed by atoms with Crippen LogP contribution in [-0.4, -0.2) is 38.8 Å². The van der Waals surface area contributed by atoms with Crippen LogP contribution in [0.4, 0.5) is 0 Å². The van der Waals surface area contributed by atoms with Crippen LogP contribution in [0.15, 0.2) is 36.0 Å². The molecule has 0 saturated heterocycles. The maximum atomic E-state index is 12.0. The van der Waals surface area contributed by atoms with Crippen molar-refractivity contribution in [3.63, 3.8) is 0 Å². The van der Waals surface area contributed by atoms with Gasteiger partial charge in [0.15, 0.2) is 0 Å². The number of nitrogens with one attached hydrogen (secondary N) is 1. The Morgan fingerprint density at radius 3 is 2.71 bits per heavy atom. The zero-order valence-electron chi connectivity index (χ0n) is 12.9. The number of ketones is 2. The van der Waals surface area contributed by atoms with Crippen molar-refractivity contribution in [2.75, 3.05) is 7.11 Å². The van der Waals surface area contributed by atoms with Gasteiger partial charge in [0.05, 0.1) is 24.2 Å². The number of ether oxygens (including phenoxy) is 1. The van der Waals surface area contributed by atoms with E-state index >= 15 is 0 Å². The molecule has 0 spiro atoms. The normalized spacial score (nSPS) is 10.5. The van der Waals surface area contributed by atoms with E-state index in [0.29, 0.717) is 12.1 Å². The lowest BCUT2D eigenvalue weighted by atomic mass is 10.1. The summed E-state index contributed by atoms with van der Waals surface area (Å²) in [5, 5.41) is 8.71. The average Bonchev–Trinajstić information content (AvgIpc) is 3.27. The number of Topliss-reactive ketones (excluding diaryl/α,β-unsaturated/α-hetero) is 2. The molecule has 0 saturated carbocycles. The van der Waals surface area contributed by atoms with Crippen LogP contribution in [-0.2, 0) is 17.6 Å². The molecule has 122 valence electrons. The summed E-state index contributed by atoms with van der Waals surface area (Å²) in [5.74, 6) is -0.597. The molecule has 0 aliphatic carbocycles. The first-order chi connectivity index (χ1) is 11.7. The maximum Gasteiger partial charge on any atom is 0.267 e. The summed E-state index contributed by atoms with van der Waals surface area (Å²) in [4.78, 5) is 31.9. The lowest BCUT2D eigenvalue weighted by Gasteiger charge is -2.01. The van der Waals surface area contributed by atoms with Crippen LogP contribution in [0.5, 0.6) is 5.75 Å². The molecule has 0 atom stereocenters. The number of carbonyl (C=O) groups is 2. The van der Waals surface area contributed by atoms with Gasteiger partial charge in [-0.1, -0.05) is 12.1 Å². The minimum atomic E-state index is -0.707. The van der Waals surface area contributed by atoms with Crippen molar-refractivity contribution in [1.82, 2.24) is 20.2 Å². The number of nitrogens with zero attached hydrogens (tertiary/aromatic N) is 3. The lowest BCUT2D eigenvalue weighted by Crippen LogP contribution is -2.18. The summed E-state index contributed by atoms with van der Waals surface area (Å²) >= 11 is 1.46. The van der Waals surface area contributed by atoms with Crippen molar-refractivity contribution in [2.45, 2.75) is 12.8 Å². The summed E-state index contributed by atoms with van der Waals surface area (Å²) in [5.41, 5.74) is 1.68. The van der Waals surface area contributed by atoms with E-state index in [1.807, 2.05) is 24.3 Å². The molecule has 0 bridgehead atoms. The molecule has 3 aromatic rings. The number of aromatic amines is 1. The molecule has 0 aliphatic rings. The Morgan fingerprint density at radius 2 is 2.04 bits per heavy atom. The summed E-state index contributed by atoms with van der Waals surface area (Å²) < 4.78 is 5.13. The van der Waals surface area contributed by atoms with Gasteiger partial charge in [-0.25, -0.2) is 9.97 Å². The number of hydrogen-bond acceptors (Lipinski definition) is 7. The quantitative estimate of drug-likeness (QED) is 0.520. The minimum absolute atomic E-state index is 0.0491. The van der Waals surface area contributed by atoms with Crippen LogP contribution < -0.4 is 4.74 Å². The molecule has 2 heterocycles. The molecule has 0 aliphatic heterocycles. The van der Waals surface area contributed by atoms with Gasteiger partial charge in [0.2, 0.25) is 11.6 Å². The minimum Gasteiger partial charge on any atom is -0.497 e. The van der Waals surface area contributed by atoms with E-state index in [2.05, 4.69) is 20.2 Å². The molecule has 0 radical (unpaired) electrons. The molecule has 2 aromatic heterocycles. The average molecular weight is 342 g/mol. The van der Waals surface area contributed by atoms with E-state index in [4.69, 9.17) is 4.74 Å². The van der Waals surface area contributed by atoms with Gasteiger partial charge in [-0.15, -0.1) is 16.4 Å². The molecule has 0 amide bonds. The van der Waals surface area contributed by atoms with Gasteiger partial charge >= 0.3 is 0 Å². The third-order valence-corrected chi connectivity index (χ3v) is 4.22. The Labute approximate surface area is 141 Å². The molecular weight excluding hydrogens is 328 g/mol. The summed E-state index contributed by atoms with van der Waals surface area (Å²) in [7, 11) is 1.62. The number of benzene rings is 1. The highest BCUT2D eigenvalue weighted by molar-refractivity contribution is 7.09. The Morgan fingerprint density at radius 1 is 1.25 bits per heavy atom. The number of thiazole rings is 1. The highest BCUT2D eigenvalue weighted by atomic mass is 32.1. The fourth-order valence-corrected chi connectivity index (χ4v) is 2.95. The molecule has 7 nitrogen and oxygen atoms in total. The summed E-state index contributed by atoms with van der Waals surface area (Å²) in [6.07, 6.45) is 1.88. The Balaban J connectivity index is 1.62. The largest absolute Gasteiger partial charge is 0.497 e. The third-order valence-electron chi connectivity index (χ3n) is 3.33. The molecule has 1 N–H and O–H groups in total. The van der Waals surface area contributed by atoms with Crippen molar-refractivity contribution >= 4 is 22.9 Å². The van der Waals surface area contributed by atoms with Crippen molar-refractivity contribution < 1.29 is 14.3 Å². The van der Waals surface area contributed by atoms with Crippen LogP contribution in [0, 0.1) is 0 Å². The fourth-order valence-electron chi connectivity index (χ4n) is 2.12. The Kier molecular flexibility index (Phi) is 4.76. The van der Waals surface area contributed by atoms with Crippen molar-refractivity contribution in [3.8, 4) is 5.75 Å². The van der Waals surface area contributed by atoms with Crippen molar-refractivity contribution in [1.29, 1.82) is 0 Å². The molecule has 3 rings (SSSR count). The van der Waals surface area contributed by atoms with Gasteiger partial charge < -0.3 is 4.74 Å². The van der Waals surface area contributed by atoms with Gasteiger partial charge in [0.25, 0.3) is 5.78 Å². The highest BCUT2D eigenvalue weighted by Gasteiger charge is 2.21. The molecule has 0 fully saturated rings. The zero-order chi connectivity index (χ0) is 16.9. The molecule has 1 aromatic carbocycles. The summed E-state index contributed by atoms with van der Waals surface area (Å²) in [6.45, 7) is 0. The van der Waals surface area contributed by atoms with Crippen LogP contribution in [0.2, 0.25) is 0 Å². The van der Waals surface area contributed by atoms with Crippen LogP contribution in [0.1, 0.15) is 26.9 Å². The molecule has 8 heteroatoms. The van der Waals surface area contributed by atoms with Crippen LogP contribution in [0.3, 0.4) is 0 Å². The Hall–Kier alpha value is -2.87. The zero-order valence-corrected chi connectivity index (χ0v) is 13.7. The predicted molar refractivity (Wildman–Crippen MR) is 87.3 cm³/mol. The topological polar surface area (TPSA) is 97.8 Å². The van der Waals surface area contributed by atoms with Gasteiger partial charge in [-0.3, -0.25) is 14.7 Å². The number of carbonyl (C=O) groups excluding carboxylic acids is 2. The maximum absolute atomic E-state index is 12.0. The third kappa shape index (κ3) is 3.72. The van der Waals surface area contributed by atoms with Gasteiger partial charge in [-0.05, 0) is 17.7 Å². The van der Waals surface area contributed by atoms with Crippen LogP contribution in [0.25, 0.3) is 0 Å². The van der Waals surface area contributed by atoms with Gasteiger partial charge in [-0.2, -0.15) is 0 Å². The van der Waals surface area contributed by atoms with E-state index in [0.717, 1.165) is 16.3 Å². The second-order valence-electron chi connectivity index (χ2n) is 5.01.